The Morgan fingerprint density at radius 3 is 2.45 bits per heavy atom. The highest BCUT2D eigenvalue weighted by atomic mass is 16.7. The Bertz CT molecular complexity index is 1690. The fourth-order valence-corrected chi connectivity index (χ4v) is 7.82. The van der Waals surface area contributed by atoms with Crippen LogP contribution in [-0.2, 0) is 28.8 Å². The first kappa shape index (κ1) is 36.5. The zero-order valence-electron chi connectivity index (χ0n) is 30.3. The molecule has 12 heteroatoms. The number of ketones is 1. The standard InChI is InChI=1S/C39H52N6O6/c1-5-12-28(33(47)36(49)44-19-11-20-44)41-35(48)30-23-39(22-29(43-51-39)27-17-9-15-26-16-10-18-40-32(26)27)24-45(30)37(50)34(38(2,3)4)42-31(46)21-25-13-7-6-8-14-25/h9-10,15-18,22,25,28,30,34,43H,5-8,11-14,19-21,23-24H2,1-4H3,(H,41,48)(H,42,46)/t28-,30-,34+,39+/m0/s1. The Balaban J connectivity index is 1.29. The lowest BCUT2D eigenvalue weighted by atomic mass is 9.84. The van der Waals surface area contributed by atoms with Crippen LogP contribution >= 0.6 is 0 Å². The van der Waals surface area contributed by atoms with E-state index in [4.69, 9.17) is 4.84 Å². The largest absolute Gasteiger partial charge is 0.344 e. The molecular weight excluding hydrogens is 648 g/mol. The van der Waals surface area contributed by atoms with E-state index in [1.165, 1.54) is 16.2 Å². The monoisotopic (exact) mass is 700 g/mol. The van der Waals surface area contributed by atoms with Gasteiger partial charge in [-0.3, -0.25) is 39.3 Å². The molecule has 1 saturated carbocycles. The van der Waals surface area contributed by atoms with Crippen molar-refractivity contribution in [1.29, 1.82) is 0 Å². The summed E-state index contributed by atoms with van der Waals surface area (Å²) in [6.45, 7) is 8.66. The molecule has 1 aromatic carbocycles. The van der Waals surface area contributed by atoms with Gasteiger partial charge in [0.2, 0.25) is 23.5 Å². The Kier molecular flexibility index (Phi) is 10.8. The summed E-state index contributed by atoms with van der Waals surface area (Å²) < 4.78 is 0. The SMILES string of the molecule is CCC[C@H](NC(=O)[C@@H]1C[C@]2(C=C(c3cccc4cccnc34)NO2)CN1C(=O)[C@@H](NC(=O)CC1CCCCC1)C(C)(C)C)C(=O)C(=O)N1CCC1. The smallest absolute Gasteiger partial charge is 0.292 e. The Labute approximate surface area is 300 Å². The summed E-state index contributed by atoms with van der Waals surface area (Å²) in [4.78, 5) is 82.4. The number of aromatic nitrogens is 1. The third-order valence-corrected chi connectivity index (χ3v) is 10.8. The van der Waals surface area contributed by atoms with Gasteiger partial charge in [-0.15, -0.1) is 0 Å². The topological polar surface area (TPSA) is 150 Å². The summed E-state index contributed by atoms with van der Waals surface area (Å²) in [7, 11) is 0. The Morgan fingerprint density at radius 2 is 1.76 bits per heavy atom. The van der Waals surface area contributed by atoms with Crippen molar-refractivity contribution in [3.05, 3.63) is 48.2 Å². The molecule has 3 N–H and O–H groups in total. The predicted octanol–water partition coefficient (Wildman–Crippen LogP) is 4.04. The fourth-order valence-electron chi connectivity index (χ4n) is 7.82. The van der Waals surface area contributed by atoms with Crippen molar-refractivity contribution < 1.29 is 28.8 Å². The van der Waals surface area contributed by atoms with E-state index in [0.29, 0.717) is 37.5 Å². The van der Waals surface area contributed by atoms with Crippen LogP contribution in [0.15, 0.2) is 42.6 Å². The second kappa shape index (κ2) is 15.1. The zero-order valence-corrected chi connectivity index (χ0v) is 30.3. The summed E-state index contributed by atoms with van der Waals surface area (Å²) in [6.07, 6.45) is 11.2. The molecule has 6 rings (SSSR count). The average Bonchev–Trinajstić information content (AvgIpc) is 3.68. The molecule has 12 nitrogen and oxygen atoms in total. The minimum absolute atomic E-state index is 0.0305. The van der Waals surface area contributed by atoms with E-state index in [9.17, 15) is 24.0 Å². The van der Waals surface area contributed by atoms with Crippen LogP contribution in [0.25, 0.3) is 16.6 Å². The molecule has 2 aromatic rings. The van der Waals surface area contributed by atoms with Gasteiger partial charge in [0.25, 0.3) is 5.91 Å². The van der Waals surface area contributed by atoms with Crippen LogP contribution in [0.2, 0.25) is 0 Å². The summed E-state index contributed by atoms with van der Waals surface area (Å²) in [5.74, 6) is -2.06. The number of fused-ring (bicyclic) bond motifs is 1. The molecule has 2 saturated heterocycles. The van der Waals surface area contributed by atoms with Crippen molar-refractivity contribution in [2.75, 3.05) is 19.6 Å². The van der Waals surface area contributed by atoms with Gasteiger partial charge in [-0.2, -0.15) is 0 Å². The number of benzene rings is 1. The van der Waals surface area contributed by atoms with Crippen LogP contribution in [0.5, 0.6) is 0 Å². The molecule has 4 heterocycles. The molecule has 51 heavy (non-hydrogen) atoms. The zero-order chi connectivity index (χ0) is 36.3. The molecule has 274 valence electrons. The molecule has 1 spiro atoms. The number of nitrogens with zero attached hydrogens (tertiary/aromatic N) is 3. The molecule has 0 bridgehead atoms. The van der Waals surface area contributed by atoms with Crippen LogP contribution in [0, 0.1) is 11.3 Å². The van der Waals surface area contributed by atoms with Gasteiger partial charge in [0.05, 0.1) is 23.8 Å². The van der Waals surface area contributed by atoms with Crippen LogP contribution in [0.3, 0.4) is 0 Å². The predicted molar refractivity (Wildman–Crippen MR) is 192 cm³/mol. The van der Waals surface area contributed by atoms with Crippen LogP contribution in [0.1, 0.15) is 97.5 Å². The molecular formula is C39H52N6O6. The van der Waals surface area contributed by atoms with Gasteiger partial charge in [-0.05, 0) is 49.2 Å². The normalized spacial score (nSPS) is 23.3. The molecule has 3 fully saturated rings. The molecule has 0 radical (unpaired) electrons. The number of Topliss-reactive ketones (excluding diaryl/α,β-unsaturated/α-hetero) is 1. The fraction of sp³-hybridized carbons (Fsp3) is 0.590. The van der Waals surface area contributed by atoms with Gasteiger partial charge in [0.1, 0.15) is 17.7 Å². The Morgan fingerprint density at radius 1 is 1.02 bits per heavy atom. The second-order valence-electron chi connectivity index (χ2n) is 15.8. The van der Waals surface area contributed by atoms with Crippen LogP contribution in [0.4, 0.5) is 0 Å². The molecule has 4 amide bonds. The number of nitrogens with one attached hydrogen (secondary N) is 3. The lowest BCUT2D eigenvalue weighted by Crippen LogP contribution is -2.59. The number of carbonyl (C=O) groups excluding carboxylic acids is 5. The first-order valence-electron chi connectivity index (χ1n) is 18.6. The number of pyridine rings is 1. The first-order chi connectivity index (χ1) is 24.4. The molecule has 4 atom stereocenters. The van der Waals surface area contributed by atoms with Crippen molar-refractivity contribution in [3.63, 3.8) is 0 Å². The number of rotatable bonds is 11. The molecule has 1 aliphatic carbocycles. The van der Waals surface area contributed by atoms with Gasteiger partial charge < -0.3 is 20.4 Å². The van der Waals surface area contributed by atoms with E-state index in [1.807, 2.05) is 64.1 Å². The van der Waals surface area contributed by atoms with E-state index >= 15 is 0 Å². The minimum Gasteiger partial charge on any atom is -0.344 e. The van der Waals surface area contributed by atoms with Crippen molar-refractivity contribution in [1.82, 2.24) is 30.9 Å². The third kappa shape index (κ3) is 7.95. The van der Waals surface area contributed by atoms with Crippen molar-refractivity contribution >= 4 is 46.0 Å². The molecule has 0 unspecified atom stereocenters. The minimum atomic E-state index is -1.09. The lowest BCUT2D eigenvalue weighted by molar-refractivity contribution is -0.149. The van der Waals surface area contributed by atoms with E-state index in [2.05, 4.69) is 21.1 Å². The van der Waals surface area contributed by atoms with Crippen LogP contribution in [-0.4, -0.2) is 87.6 Å². The van der Waals surface area contributed by atoms with E-state index in [-0.39, 0.29) is 25.3 Å². The quantitative estimate of drug-likeness (QED) is 0.298. The van der Waals surface area contributed by atoms with E-state index in [0.717, 1.165) is 48.6 Å². The van der Waals surface area contributed by atoms with Gasteiger partial charge in [0.15, 0.2) is 0 Å². The summed E-state index contributed by atoms with van der Waals surface area (Å²) >= 11 is 0. The molecule has 1 aromatic heterocycles. The number of hydrogen-bond acceptors (Lipinski definition) is 8. The van der Waals surface area contributed by atoms with Crippen molar-refractivity contribution in [2.45, 2.75) is 116 Å². The summed E-state index contributed by atoms with van der Waals surface area (Å²) in [6, 6.07) is 6.72. The highest BCUT2D eigenvalue weighted by Crippen LogP contribution is 2.40. The van der Waals surface area contributed by atoms with Gasteiger partial charge >= 0.3 is 0 Å². The van der Waals surface area contributed by atoms with E-state index in [1.54, 1.807) is 6.20 Å². The van der Waals surface area contributed by atoms with Crippen molar-refractivity contribution in [3.8, 4) is 0 Å². The maximum Gasteiger partial charge on any atom is 0.292 e. The summed E-state index contributed by atoms with van der Waals surface area (Å²) in [5, 5.41) is 6.85. The molecule has 3 aliphatic heterocycles. The maximum atomic E-state index is 14.7. The van der Waals surface area contributed by atoms with Crippen molar-refractivity contribution in [2.24, 2.45) is 11.3 Å². The third-order valence-electron chi connectivity index (χ3n) is 10.8. The number of amides is 4. The van der Waals surface area contributed by atoms with Gasteiger partial charge in [-0.25, -0.2) is 0 Å². The summed E-state index contributed by atoms with van der Waals surface area (Å²) in [5.41, 5.74) is 3.55. The highest BCUT2D eigenvalue weighted by Gasteiger charge is 2.54. The number of para-hydroxylation sites is 1. The van der Waals surface area contributed by atoms with E-state index < -0.39 is 52.6 Å². The number of likely N-dealkylation sites (tertiary alicyclic amines) is 2. The first-order valence-corrected chi connectivity index (χ1v) is 18.6. The van der Waals surface area contributed by atoms with Gasteiger partial charge in [0, 0.05) is 43.1 Å². The number of carbonyl (C=O) groups is 5. The van der Waals surface area contributed by atoms with Gasteiger partial charge in [-0.1, -0.05) is 77.6 Å². The van der Waals surface area contributed by atoms with Crippen LogP contribution < -0.4 is 16.1 Å². The average molecular weight is 701 g/mol. The Hall–Kier alpha value is -4.32. The lowest BCUT2D eigenvalue weighted by Gasteiger charge is -2.36. The molecule has 4 aliphatic rings. The number of hydrogen-bond donors (Lipinski definition) is 3. The number of hydroxylamine groups is 1. The highest BCUT2D eigenvalue weighted by molar-refractivity contribution is 6.38. The second-order valence-corrected chi connectivity index (χ2v) is 15.8. The maximum absolute atomic E-state index is 14.7.